The summed E-state index contributed by atoms with van der Waals surface area (Å²) >= 11 is 12.6. The molecule has 36 heavy (non-hydrogen) atoms. The van der Waals surface area contributed by atoms with E-state index in [0.29, 0.717) is 16.1 Å². The lowest BCUT2D eigenvalue weighted by molar-refractivity contribution is -0.137. The molecular weight excluding hydrogens is 532 g/mol. The Morgan fingerprint density at radius 2 is 1.78 bits per heavy atom. The molecule has 1 fully saturated rings. The van der Waals surface area contributed by atoms with Crippen molar-refractivity contribution in [3.05, 3.63) is 105 Å². The summed E-state index contributed by atoms with van der Waals surface area (Å²) in [6.45, 7) is 0.172. The Morgan fingerprint density at radius 3 is 2.53 bits per heavy atom. The Hall–Kier alpha value is -3.14. The molecular formula is C26H15ClF4N2OS2. The van der Waals surface area contributed by atoms with Crippen molar-refractivity contribution < 1.29 is 22.4 Å². The predicted octanol–water partition coefficient (Wildman–Crippen LogP) is 7.91. The molecule has 3 aromatic carbocycles. The van der Waals surface area contributed by atoms with Gasteiger partial charge in [0.05, 0.1) is 22.7 Å². The second-order valence-corrected chi connectivity index (χ2v) is 10.1. The predicted molar refractivity (Wildman–Crippen MR) is 140 cm³/mol. The quantitative estimate of drug-likeness (QED) is 0.148. The van der Waals surface area contributed by atoms with Gasteiger partial charge in [0, 0.05) is 33.2 Å². The number of carbonyl (C=O) groups is 1. The molecule has 0 saturated carbocycles. The first-order valence-corrected chi connectivity index (χ1v) is 12.2. The van der Waals surface area contributed by atoms with E-state index in [-0.39, 0.29) is 21.5 Å². The molecule has 0 spiro atoms. The van der Waals surface area contributed by atoms with Crippen LogP contribution in [0.5, 0.6) is 0 Å². The highest BCUT2D eigenvalue weighted by Crippen LogP contribution is 2.39. The summed E-state index contributed by atoms with van der Waals surface area (Å²) in [5.41, 5.74) is 1.00. The minimum Gasteiger partial charge on any atom is -0.342 e. The van der Waals surface area contributed by atoms with Gasteiger partial charge < -0.3 is 4.57 Å². The maximum Gasteiger partial charge on any atom is 0.416 e. The number of thioether (sulfide) groups is 1. The van der Waals surface area contributed by atoms with Crippen LogP contribution in [0.4, 0.5) is 23.2 Å². The van der Waals surface area contributed by atoms with E-state index in [2.05, 4.69) is 0 Å². The molecule has 1 aliphatic rings. The summed E-state index contributed by atoms with van der Waals surface area (Å²) in [4.78, 5) is 14.6. The fourth-order valence-electron chi connectivity index (χ4n) is 4.03. The zero-order valence-corrected chi connectivity index (χ0v) is 20.6. The SMILES string of the molecule is O=C1/C(=C/c2cn(Cc3c(F)cccc3Cl)c3ccccc23)SC(=S)N1c1cccc(C(F)(F)F)c1. The number of aromatic nitrogens is 1. The van der Waals surface area contributed by atoms with Crippen molar-refractivity contribution in [3.63, 3.8) is 0 Å². The van der Waals surface area contributed by atoms with Gasteiger partial charge in [-0.2, -0.15) is 13.2 Å². The van der Waals surface area contributed by atoms with Crippen molar-refractivity contribution in [1.82, 2.24) is 4.57 Å². The third-order valence-corrected chi connectivity index (χ3v) is 7.38. The number of thiocarbonyl (C=S) groups is 1. The number of amides is 1. The van der Waals surface area contributed by atoms with Gasteiger partial charge in [-0.3, -0.25) is 9.69 Å². The Labute approximate surface area is 218 Å². The van der Waals surface area contributed by atoms with E-state index in [0.717, 1.165) is 39.7 Å². The highest BCUT2D eigenvalue weighted by molar-refractivity contribution is 8.27. The third kappa shape index (κ3) is 4.54. The number of para-hydroxylation sites is 1. The number of benzene rings is 3. The van der Waals surface area contributed by atoms with Crippen LogP contribution < -0.4 is 4.90 Å². The van der Waals surface area contributed by atoms with Gasteiger partial charge in [-0.15, -0.1) is 0 Å². The second-order valence-electron chi connectivity index (χ2n) is 7.99. The van der Waals surface area contributed by atoms with Gasteiger partial charge in [-0.05, 0) is 42.5 Å². The molecule has 1 saturated heterocycles. The Balaban J connectivity index is 1.52. The van der Waals surface area contributed by atoms with Crippen molar-refractivity contribution in [2.45, 2.75) is 12.7 Å². The fourth-order valence-corrected chi connectivity index (χ4v) is 5.54. The van der Waals surface area contributed by atoms with Crippen molar-refractivity contribution in [2.24, 2.45) is 0 Å². The summed E-state index contributed by atoms with van der Waals surface area (Å²) in [7, 11) is 0. The van der Waals surface area contributed by atoms with Gasteiger partial charge in [-0.1, -0.05) is 65.9 Å². The summed E-state index contributed by atoms with van der Waals surface area (Å²) in [5.74, 6) is -0.943. The molecule has 0 bridgehead atoms. The molecule has 3 nitrogen and oxygen atoms in total. The van der Waals surface area contributed by atoms with Gasteiger partial charge in [0.15, 0.2) is 4.32 Å². The van der Waals surface area contributed by atoms with Crippen LogP contribution in [0.25, 0.3) is 17.0 Å². The summed E-state index contributed by atoms with van der Waals surface area (Å²) in [6.07, 6.45) is -1.12. The van der Waals surface area contributed by atoms with E-state index < -0.39 is 23.5 Å². The summed E-state index contributed by atoms with van der Waals surface area (Å²) in [5, 5.41) is 1.12. The van der Waals surface area contributed by atoms with Crippen molar-refractivity contribution in [3.8, 4) is 0 Å². The van der Waals surface area contributed by atoms with Crippen LogP contribution in [0.15, 0.2) is 77.8 Å². The maximum absolute atomic E-state index is 14.4. The first kappa shape index (κ1) is 24.5. The van der Waals surface area contributed by atoms with Crippen molar-refractivity contribution in [2.75, 3.05) is 4.90 Å². The molecule has 4 aromatic rings. The number of nitrogens with zero attached hydrogens (tertiary/aromatic N) is 2. The number of hydrogen-bond acceptors (Lipinski definition) is 3. The van der Waals surface area contributed by atoms with Crippen LogP contribution in [0.1, 0.15) is 16.7 Å². The minimum absolute atomic E-state index is 0.0485. The lowest BCUT2D eigenvalue weighted by Crippen LogP contribution is -2.27. The molecule has 182 valence electrons. The van der Waals surface area contributed by atoms with Gasteiger partial charge in [-0.25, -0.2) is 4.39 Å². The monoisotopic (exact) mass is 546 g/mol. The lowest BCUT2D eigenvalue weighted by atomic mass is 10.1. The van der Waals surface area contributed by atoms with Gasteiger partial charge in [0.1, 0.15) is 5.82 Å². The Bertz CT molecular complexity index is 1540. The van der Waals surface area contributed by atoms with Gasteiger partial charge >= 0.3 is 6.18 Å². The van der Waals surface area contributed by atoms with Crippen LogP contribution in [-0.4, -0.2) is 14.8 Å². The van der Waals surface area contributed by atoms with Crippen LogP contribution >= 0.6 is 35.6 Å². The van der Waals surface area contributed by atoms with E-state index in [1.54, 1.807) is 18.3 Å². The summed E-state index contributed by atoms with van der Waals surface area (Å²) in [6, 6.07) is 16.4. The average molecular weight is 547 g/mol. The molecule has 1 aromatic heterocycles. The van der Waals surface area contributed by atoms with Crippen molar-refractivity contribution in [1.29, 1.82) is 0 Å². The van der Waals surface area contributed by atoms with Gasteiger partial charge in [0.25, 0.3) is 5.91 Å². The fraction of sp³-hybridized carbons (Fsp3) is 0.0769. The van der Waals surface area contributed by atoms with Gasteiger partial charge in [0.2, 0.25) is 0 Å². The van der Waals surface area contributed by atoms with Crippen LogP contribution in [0.3, 0.4) is 0 Å². The zero-order chi connectivity index (χ0) is 25.6. The number of hydrogen-bond donors (Lipinski definition) is 0. The molecule has 1 amide bonds. The minimum atomic E-state index is -4.55. The van der Waals surface area contributed by atoms with E-state index in [4.69, 9.17) is 23.8 Å². The summed E-state index contributed by atoms with van der Waals surface area (Å²) < 4.78 is 55.9. The molecule has 0 radical (unpaired) electrons. The number of rotatable bonds is 4. The van der Waals surface area contributed by atoms with E-state index in [1.165, 1.54) is 24.3 Å². The molecule has 0 unspecified atom stereocenters. The molecule has 0 atom stereocenters. The van der Waals surface area contributed by atoms with Crippen molar-refractivity contribution >= 4 is 68.5 Å². The molecule has 5 rings (SSSR count). The first-order valence-electron chi connectivity index (χ1n) is 10.6. The van der Waals surface area contributed by atoms with E-state index >= 15 is 0 Å². The Morgan fingerprint density at radius 1 is 1.03 bits per heavy atom. The molecule has 1 aliphatic heterocycles. The normalized spacial score (nSPS) is 15.5. The average Bonchev–Trinajstić information content (AvgIpc) is 3.32. The van der Waals surface area contributed by atoms with E-state index in [1.807, 2.05) is 28.8 Å². The molecule has 0 N–H and O–H groups in total. The molecule has 2 heterocycles. The number of alkyl halides is 3. The maximum atomic E-state index is 14.4. The Kier molecular flexibility index (Phi) is 6.40. The number of anilines is 1. The highest BCUT2D eigenvalue weighted by Gasteiger charge is 2.36. The topological polar surface area (TPSA) is 25.2 Å². The van der Waals surface area contributed by atoms with Crippen LogP contribution in [0.2, 0.25) is 5.02 Å². The largest absolute Gasteiger partial charge is 0.416 e. The highest BCUT2D eigenvalue weighted by atomic mass is 35.5. The van der Waals surface area contributed by atoms with E-state index in [9.17, 15) is 22.4 Å². The van der Waals surface area contributed by atoms with Crippen LogP contribution in [-0.2, 0) is 17.5 Å². The zero-order valence-electron chi connectivity index (χ0n) is 18.2. The third-order valence-electron chi connectivity index (χ3n) is 5.72. The standard InChI is InChI=1S/C26H15ClF4N2OS2/c27-20-8-4-9-21(28)19(20)14-32-13-15(18-7-1-2-10-22(18)32)11-23-24(34)33(25(35)36-23)17-6-3-5-16(12-17)26(29,30)31/h1-13H,14H2/b23-11-. The number of carbonyl (C=O) groups excluding carboxylic acids is 1. The van der Waals surface area contributed by atoms with Crippen LogP contribution in [0, 0.1) is 5.82 Å². The molecule has 10 heteroatoms. The smallest absolute Gasteiger partial charge is 0.342 e. The number of fused-ring (bicyclic) bond motifs is 1. The second kappa shape index (κ2) is 9.38. The number of halogens is 5. The molecule has 0 aliphatic carbocycles. The lowest BCUT2D eigenvalue weighted by Gasteiger charge is -2.16. The first-order chi connectivity index (χ1) is 17.1.